The predicted molar refractivity (Wildman–Crippen MR) is 91.8 cm³/mol. The Balaban J connectivity index is 1.72. The molecule has 1 aliphatic carbocycles. The molecule has 1 aliphatic heterocycles. The summed E-state index contributed by atoms with van der Waals surface area (Å²) in [7, 11) is 1.46. The minimum absolute atomic E-state index is 0.0104. The standard InChI is InChI=1S/C19H22N2O5/c1-25-17-8-12(10-20)6-7-16(17)26-11-18(22)21-14-5-3-2-4-13(14)9-15(21)19(23)24/h6-8,13-15H,2-5,9,11H2,1H3,(H,23,24)/t13-,14+,15-/m0/s1. The van der Waals surface area contributed by atoms with Gasteiger partial charge in [0.25, 0.3) is 5.91 Å². The molecular weight excluding hydrogens is 336 g/mol. The lowest BCUT2D eigenvalue weighted by molar-refractivity contribution is -0.150. The van der Waals surface area contributed by atoms with Gasteiger partial charge in [-0.15, -0.1) is 0 Å². The molecule has 1 amide bonds. The number of nitrogens with zero attached hydrogens (tertiary/aromatic N) is 2. The van der Waals surface area contributed by atoms with Gasteiger partial charge in [-0.25, -0.2) is 4.79 Å². The van der Waals surface area contributed by atoms with Crippen molar-refractivity contribution in [3.63, 3.8) is 0 Å². The lowest BCUT2D eigenvalue weighted by Crippen LogP contribution is -2.48. The molecule has 0 aromatic heterocycles. The number of amides is 1. The second-order valence-corrected chi connectivity index (χ2v) is 6.77. The van der Waals surface area contributed by atoms with E-state index in [4.69, 9.17) is 14.7 Å². The molecular formula is C19H22N2O5. The predicted octanol–water partition coefficient (Wildman–Crippen LogP) is 2.19. The lowest BCUT2D eigenvalue weighted by Gasteiger charge is -2.32. The summed E-state index contributed by atoms with van der Waals surface area (Å²) in [5, 5.41) is 18.5. The van der Waals surface area contributed by atoms with Crippen LogP contribution in [-0.4, -0.2) is 47.7 Å². The van der Waals surface area contributed by atoms with E-state index in [-0.39, 0.29) is 24.5 Å². The minimum atomic E-state index is -0.955. The molecule has 1 saturated heterocycles. The van der Waals surface area contributed by atoms with E-state index >= 15 is 0 Å². The number of hydrogen-bond donors (Lipinski definition) is 1. The Morgan fingerprint density at radius 3 is 2.77 bits per heavy atom. The summed E-state index contributed by atoms with van der Waals surface area (Å²) in [5.41, 5.74) is 0.427. The van der Waals surface area contributed by atoms with Crippen molar-refractivity contribution in [3.05, 3.63) is 23.8 Å². The SMILES string of the molecule is COc1cc(C#N)ccc1OCC(=O)N1[C@@H]2CCCC[C@H]2C[C@H]1C(=O)O. The molecule has 138 valence electrons. The minimum Gasteiger partial charge on any atom is -0.493 e. The Labute approximate surface area is 152 Å². The molecule has 0 unspecified atom stereocenters. The summed E-state index contributed by atoms with van der Waals surface area (Å²) >= 11 is 0. The maximum atomic E-state index is 12.8. The lowest BCUT2D eigenvalue weighted by atomic mass is 9.85. The number of methoxy groups -OCH3 is 1. The molecule has 1 aromatic rings. The van der Waals surface area contributed by atoms with Gasteiger partial charge in [-0.1, -0.05) is 12.8 Å². The maximum absolute atomic E-state index is 12.8. The van der Waals surface area contributed by atoms with E-state index in [0.717, 1.165) is 25.7 Å². The summed E-state index contributed by atoms with van der Waals surface area (Å²) in [6.07, 6.45) is 4.45. The van der Waals surface area contributed by atoms with Crippen LogP contribution in [0.3, 0.4) is 0 Å². The van der Waals surface area contributed by atoms with Gasteiger partial charge in [0.1, 0.15) is 6.04 Å². The monoisotopic (exact) mass is 358 g/mol. The van der Waals surface area contributed by atoms with Crippen LogP contribution in [0.1, 0.15) is 37.7 Å². The fourth-order valence-electron chi connectivity index (χ4n) is 4.11. The highest BCUT2D eigenvalue weighted by Crippen LogP contribution is 2.40. The Bertz CT molecular complexity index is 742. The molecule has 0 spiro atoms. The first kappa shape index (κ1) is 18.1. The highest BCUT2D eigenvalue weighted by Gasteiger charge is 2.47. The molecule has 0 radical (unpaired) electrons. The van der Waals surface area contributed by atoms with Gasteiger partial charge in [0.2, 0.25) is 0 Å². The second-order valence-electron chi connectivity index (χ2n) is 6.77. The number of fused-ring (bicyclic) bond motifs is 1. The second kappa shape index (κ2) is 7.65. The normalized spacial score (nSPS) is 24.5. The molecule has 3 atom stereocenters. The average Bonchev–Trinajstić information content (AvgIpc) is 3.06. The van der Waals surface area contributed by atoms with Gasteiger partial charge in [0.05, 0.1) is 18.7 Å². The third kappa shape index (κ3) is 3.45. The van der Waals surface area contributed by atoms with Crippen molar-refractivity contribution in [2.24, 2.45) is 5.92 Å². The quantitative estimate of drug-likeness (QED) is 0.866. The third-order valence-corrected chi connectivity index (χ3v) is 5.30. The Kier molecular flexibility index (Phi) is 5.31. The van der Waals surface area contributed by atoms with Crippen LogP contribution in [0.5, 0.6) is 11.5 Å². The van der Waals surface area contributed by atoms with Crippen molar-refractivity contribution in [2.75, 3.05) is 13.7 Å². The van der Waals surface area contributed by atoms with Crippen molar-refractivity contribution in [1.82, 2.24) is 4.90 Å². The highest BCUT2D eigenvalue weighted by atomic mass is 16.5. The van der Waals surface area contributed by atoms with Gasteiger partial charge >= 0.3 is 5.97 Å². The molecule has 7 heteroatoms. The van der Waals surface area contributed by atoms with E-state index in [9.17, 15) is 14.7 Å². The zero-order valence-electron chi connectivity index (χ0n) is 14.7. The number of carbonyl (C=O) groups excluding carboxylic acids is 1. The van der Waals surface area contributed by atoms with Crippen molar-refractivity contribution >= 4 is 11.9 Å². The molecule has 1 heterocycles. The molecule has 1 saturated carbocycles. The van der Waals surface area contributed by atoms with E-state index < -0.39 is 12.0 Å². The summed E-state index contributed by atoms with van der Waals surface area (Å²) in [6, 6.07) is 5.92. The van der Waals surface area contributed by atoms with Crippen LogP contribution in [0.4, 0.5) is 0 Å². The number of carboxylic acids is 1. The third-order valence-electron chi connectivity index (χ3n) is 5.30. The van der Waals surface area contributed by atoms with E-state index in [1.807, 2.05) is 6.07 Å². The van der Waals surface area contributed by atoms with Crippen molar-refractivity contribution in [1.29, 1.82) is 5.26 Å². The number of carboxylic acid groups (broad SMARTS) is 1. The van der Waals surface area contributed by atoms with Crippen LogP contribution in [-0.2, 0) is 9.59 Å². The first-order chi connectivity index (χ1) is 12.5. The zero-order chi connectivity index (χ0) is 18.7. The summed E-state index contributed by atoms with van der Waals surface area (Å²) in [6.45, 7) is -0.255. The zero-order valence-corrected chi connectivity index (χ0v) is 14.7. The highest BCUT2D eigenvalue weighted by molar-refractivity contribution is 5.85. The maximum Gasteiger partial charge on any atom is 0.326 e. The van der Waals surface area contributed by atoms with E-state index in [1.54, 1.807) is 12.1 Å². The molecule has 7 nitrogen and oxygen atoms in total. The van der Waals surface area contributed by atoms with E-state index in [1.165, 1.54) is 18.1 Å². The van der Waals surface area contributed by atoms with Crippen LogP contribution in [0.25, 0.3) is 0 Å². The van der Waals surface area contributed by atoms with Gasteiger partial charge in [-0.05, 0) is 37.3 Å². The topological polar surface area (TPSA) is 99.9 Å². The molecule has 0 bridgehead atoms. The van der Waals surface area contributed by atoms with E-state index in [2.05, 4.69) is 0 Å². The fourth-order valence-corrected chi connectivity index (χ4v) is 4.11. The first-order valence-corrected chi connectivity index (χ1v) is 8.80. The largest absolute Gasteiger partial charge is 0.493 e. The number of likely N-dealkylation sites (tertiary alicyclic amines) is 1. The molecule has 26 heavy (non-hydrogen) atoms. The number of hydrogen-bond acceptors (Lipinski definition) is 5. The van der Waals surface area contributed by atoms with Crippen LogP contribution >= 0.6 is 0 Å². The number of ether oxygens (including phenoxy) is 2. The summed E-state index contributed by atoms with van der Waals surface area (Å²) in [4.78, 5) is 25.9. The fraction of sp³-hybridized carbons (Fsp3) is 0.526. The Hall–Kier alpha value is -2.75. The number of nitriles is 1. The van der Waals surface area contributed by atoms with Crippen LogP contribution in [0.15, 0.2) is 18.2 Å². The van der Waals surface area contributed by atoms with Crippen LogP contribution < -0.4 is 9.47 Å². The summed E-state index contributed by atoms with van der Waals surface area (Å²) < 4.78 is 10.8. The average molecular weight is 358 g/mol. The molecule has 2 fully saturated rings. The Morgan fingerprint density at radius 2 is 2.08 bits per heavy atom. The van der Waals surface area contributed by atoms with Crippen molar-refractivity contribution in [2.45, 2.75) is 44.2 Å². The van der Waals surface area contributed by atoms with Crippen LogP contribution in [0, 0.1) is 17.2 Å². The number of carbonyl (C=O) groups is 2. The van der Waals surface area contributed by atoms with Crippen molar-refractivity contribution in [3.8, 4) is 17.6 Å². The first-order valence-electron chi connectivity index (χ1n) is 8.80. The number of rotatable bonds is 5. The number of benzene rings is 1. The molecule has 2 aliphatic rings. The van der Waals surface area contributed by atoms with E-state index in [0.29, 0.717) is 23.5 Å². The molecule has 1 N–H and O–H groups in total. The van der Waals surface area contributed by atoms with Crippen molar-refractivity contribution < 1.29 is 24.2 Å². The van der Waals surface area contributed by atoms with Gasteiger partial charge in [0.15, 0.2) is 18.1 Å². The number of aliphatic carboxylic acids is 1. The van der Waals surface area contributed by atoms with Crippen LogP contribution in [0.2, 0.25) is 0 Å². The molecule has 3 rings (SSSR count). The van der Waals surface area contributed by atoms with Gasteiger partial charge in [-0.3, -0.25) is 4.79 Å². The smallest absolute Gasteiger partial charge is 0.326 e. The summed E-state index contributed by atoms with van der Waals surface area (Å²) in [5.74, 6) is -0.296. The van der Waals surface area contributed by atoms with Gasteiger partial charge < -0.3 is 19.5 Å². The van der Waals surface area contributed by atoms with Gasteiger partial charge in [0, 0.05) is 12.1 Å². The van der Waals surface area contributed by atoms with Gasteiger partial charge in [-0.2, -0.15) is 5.26 Å². The Morgan fingerprint density at radius 1 is 1.31 bits per heavy atom. The molecule has 1 aromatic carbocycles.